The third kappa shape index (κ3) is 1.35. The molecule has 1 heterocycles. The number of hydroxylamine groups is 2. The van der Waals surface area contributed by atoms with Gasteiger partial charge in [0.2, 0.25) is 11.5 Å². The zero-order valence-corrected chi connectivity index (χ0v) is 6.64. The molecule has 0 fully saturated rings. The maximum atomic E-state index is 11.2. The van der Waals surface area contributed by atoms with E-state index in [2.05, 4.69) is 19.8 Å². The lowest BCUT2D eigenvalue weighted by molar-refractivity contribution is -0.0761. The maximum Gasteiger partial charge on any atom is 0.303 e. The Morgan fingerprint density at radius 1 is 1.67 bits per heavy atom. The van der Waals surface area contributed by atoms with Gasteiger partial charge in [-0.2, -0.15) is 0 Å². The van der Waals surface area contributed by atoms with Crippen LogP contribution in [0.5, 0.6) is 0 Å². The molecule has 1 aromatic rings. The van der Waals surface area contributed by atoms with Crippen molar-refractivity contribution in [1.29, 1.82) is 0 Å². The lowest BCUT2D eigenvalue weighted by Crippen LogP contribution is -2.26. The van der Waals surface area contributed by atoms with Gasteiger partial charge in [0.05, 0.1) is 7.11 Å². The van der Waals surface area contributed by atoms with Gasteiger partial charge in [-0.1, -0.05) is 0 Å². The van der Waals surface area contributed by atoms with Crippen LogP contribution in [0.1, 0.15) is 10.5 Å². The first-order valence-electron chi connectivity index (χ1n) is 3.07. The molecule has 12 heavy (non-hydrogen) atoms. The van der Waals surface area contributed by atoms with Crippen molar-refractivity contribution in [2.75, 3.05) is 19.9 Å². The minimum Gasteiger partial charge on any atom is -0.379 e. The fraction of sp³-hybridized carbons (Fsp3) is 0.400. The van der Waals surface area contributed by atoms with Crippen LogP contribution in [0.15, 0.2) is 4.63 Å². The number of rotatable bonds is 2. The highest BCUT2D eigenvalue weighted by atomic mass is 16.7. The largest absolute Gasteiger partial charge is 0.379 e. The second kappa shape index (κ2) is 3.18. The number of amides is 1. The van der Waals surface area contributed by atoms with Gasteiger partial charge in [-0.05, 0) is 10.3 Å². The van der Waals surface area contributed by atoms with E-state index >= 15 is 0 Å². The summed E-state index contributed by atoms with van der Waals surface area (Å²) >= 11 is 0. The number of carbonyl (C=O) groups excluding carboxylic acids is 1. The van der Waals surface area contributed by atoms with Gasteiger partial charge in [-0.15, -0.1) is 0 Å². The Hall–Kier alpha value is -1.63. The average molecular weight is 172 g/mol. The number of anilines is 1. The molecule has 0 aliphatic carbocycles. The molecule has 2 N–H and O–H groups in total. The summed E-state index contributed by atoms with van der Waals surface area (Å²) in [6.07, 6.45) is 0. The van der Waals surface area contributed by atoms with Crippen LogP contribution < -0.4 is 5.73 Å². The number of aromatic nitrogens is 2. The Labute approximate surface area is 68.0 Å². The SMILES string of the molecule is CON(C)C(=O)c1nonc1N. The number of hydrogen-bond donors (Lipinski definition) is 1. The Morgan fingerprint density at radius 2 is 2.33 bits per heavy atom. The molecular weight excluding hydrogens is 164 g/mol. The van der Waals surface area contributed by atoms with Gasteiger partial charge < -0.3 is 5.73 Å². The minimum absolute atomic E-state index is 0.0519. The van der Waals surface area contributed by atoms with E-state index in [1.54, 1.807) is 0 Å². The molecule has 7 nitrogen and oxygen atoms in total. The van der Waals surface area contributed by atoms with E-state index in [-0.39, 0.29) is 11.5 Å². The smallest absolute Gasteiger partial charge is 0.303 e. The van der Waals surface area contributed by atoms with E-state index in [1.165, 1.54) is 14.2 Å². The standard InChI is InChI=1S/C5H8N4O3/c1-9(11-2)5(10)3-4(6)8-12-7-3/h1-2H3,(H2,6,8). The molecular formula is C5H8N4O3. The van der Waals surface area contributed by atoms with Crippen LogP contribution in [0.25, 0.3) is 0 Å². The van der Waals surface area contributed by atoms with E-state index in [9.17, 15) is 4.79 Å². The Morgan fingerprint density at radius 3 is 2.75 bits per heavy atom. The minimum atomic E-state index is -0.503. The van der Waals surface area contributed by atoms with Gasteiger partial charge in [0.15, 0.2) is 0 Å². The molecule has 7 heteroatoms. The monoisotopic (exact) mass is 172 g/mol. The number of nitrogens with two attached hydrogens (primary N) is 1. The van der Waals surface area contributed by atoms with Crippen LogP contribution in [-0.2, 0) is 4.84 Å². The third-order valence-electron chi connectivity index (χ3n) is 1.28. The summed E-state index contributed by atoms with van der Waals surface area (Å²) in [5.41, 5.74) is 5.21. The van der Waals surface area contributed by atoms with Gasteiger partial charge in [-0.25, -0.2) is 9.69 Å². The molecule has 1 rings (SSSR count). The van der Waals surface area contributed by atoms with Crippen LogP contribution in [0.2, 0.25) is 0 Å². The molecule has 0 bridgehead atoms. The summed E-state index contributed by atoms with van der Waals surface area (Å²) in [6.45, 7) is 0. The summed E-state index contributed by atoms with van der Waals surface area (Å²) in [7, 11) is 2.78. The topological polar surface area (TPSA) is 94.5 Å². The average Bonchev–Trinajstić information content (AvgIpc) is 2.48. The van der Waals surface area contributed by atoms with E-state index in [4.69, 9.17) is 5.73 Å². The summed E-state index contributed by atoms with van der Waals surface area (Å²) in [5, 5.41) is 7.51. The lowest BCUT2D eigenvalue weighted by atomic mass is 10.4. The quantitative estimate of drug-likeness (QED) is 0.592. The van der Waals surface area contributed by atoms with E-state index < -0.39 is 5.91 Å². The first kappa shape index (κ1) is 8.47. The maximum absolute atomic E-state index is 11.2. The Bertz CT molecular complexity index is 284. The molecule has 0 aromatic carbocycles. The first-order chi connectivity index (χ1) is 5.66. The summed E-state index contributed by atoms with van der Waals surface area (Å²) in [6, 6.07) is 0. The van der Waals surface area contributed by atoms with Gasteiger partial charge in [0, 0.05) is 7.05 Å². The van der Waals surface area contributed by atoms with Gasteiger partial charge in [0.25, 0.3) is 0 Å². The van der Waals surface area contributed by atoms with Crippen molar-refractivity contribution in [3.8, 4) is 0 Å². The van der Waals surface area contributed by atoms with Gasteiger partial charge >= 0.3 is 5.91 Å². The molecule has 0 aliphatic rings. The number of carbonyl (C=O) groups is 1. The van der Waals surface area contributed by atoms with Crippen molar-refractivity contribution in [2.24, 2.45) is 0 Å². The Kier molecular flexibility index (Phi) is 2.24. The van der Waals surface area contributed by atoms with Gasteiger partial charge in [0.1, 0.15) is 0 Å². The van der Waals surface area contributed by atoms with Crippen LogP contribution in [0, 0.1) is 0 Å². The predicted molar refractivity (Wildman–Crippen MR) is 37.8 cm³/mol. The molecule has 0 saturated carbocycles. The molecule has 0 saturated heterocycles. The lowest BCUT2D eigenvalue weighted by Gasteiger charge is -2.10. The second-order valence-corrected chi connectivity index (χ2v) is 1.98. The van der Waals surface area contributed by atoms with E-state index in [0.29, 0.717) is 0 Å². The first-order valence-corrected chi connectivity index (χ1v) is 3.07. The summed E-state index contributed by atoms with van der Waals surface area (Å²) < 4.78 is 4.23. The highest BCUT2D eigenvalue weighted by Gasteiger charge is 2.19. The fourth-order valence-corrected chi connectivity index (χ4v) is 0.576. The summed E-state index contributed by atoms with van der Waals surface area (Å²) in [4.78, 5) is 15.8. The molecule has 0 aliphatic heterocycles. The van der Waals surface area contributed by atoms with E-state index in [1.807, 2.05) is 0 Å². The van der Waals surface area contributed by atoms with E-state index in [0.717, 1.165) is 5.06 Å². The van der Waals surface area contributed by atoms with Crippen LogP contribution >= 0.6 is 0 Å². The Balaban J connectivity index is 2.85. The number of nitrogens with zero attached hydrogens (tertiary/aromatic N) is 3. The second-order valence-electron chi connectivity index (χ2n) is 1.98. The molecule has 0 atom stereocenters. The highest BCUT2D eigenvalue weighted by molar-refractivity contribution is 5.95. The molecule has 0 unspecified atom stereocenters. The van der Waals surface area contributed by atoms with Crippen LogP contribution in [0.3, 0.4) is 0 Å². The molecule has 66 valence electrons. The zero-order valence-electron chi connectivity index (χ0n) is 6.64. The third-order valence-corrected chi connectivity index (χ3v) is 1.28. The van der Waals surface area contributed by atoms with Crippen molar-refractivity contribution in [2.45, 2.75) is 0 Å². The summed E-state index contributed by atoms with van der Waals surface area (Å²) in [5.74, 6) is -0.555. The predicted octanol–water partition coefficient (Wildman–Crippen LogP) is -0.715. The normalized spacial score (nSPS) is 9.83. The molecule has 0 radical (unpaired) electrons. The van der Waals surface area contributed by atoms with Crippen molar-refractivity contribution < 1.29 is 14.3 Å². The van der Waals surface area contributed by atoms with Crippen molar-refractivity contribution in [1.82, 2.24) is 15.4 Å². The molecule has 0 spiro atoms. The van der Waals surface area contributed by atoms with Crippen LogP contribution in [-0.4, -0.2) is 35.4 Å². The van der Waals surface area contributed by atoms with Crippen molar-refractivity contribution in [3.05, 3.63) is 5.69 Å². The van der Waals surface area contributed by atoms with Crippen molar-refractivity contribution in [3.63, 3.8) is 0 Å². The molecule has 1 aromatic heterocycles. The zero-order chi connectivity index (χ0) is 9.14. The number of hydrogen-bond acceptors (Lipinski definition) is 6. The highest BCUT2D eigenvalue weighted by Crippen LogP contribution is 2.06. The number of nitrogen functional groups attached to an aromatic ring is 1. The molecule has 1 amide bonds. The fourth-order valence-electron chi connectivity index (χ4n) is 0.576. The van der Waals surface area contributed by atoms with Crippen LogP contribution in [0.4, 0.5) is 5.82 Å². The van der Waals surface area contributed by atoms with Gasteiger partial charge in [-0.3, -0.25) is 9.63 Å². The van der Waals surface area contributed by atoms with Crippen molar-refractivity contribution >= 4 is 11.7 Å².